The minimum atomic E-state index is -4.01. The van der Waals surface area contributed by atoms with Crippen molar-refractivity contribution in [1.29, 1.82) is 0 Å². The second-order valence-electron chi connectivity index (χ2n) is 10.3. The molecule has 0 aliphatic heterocycles. The molecule has 0 atom stereocenters. The molecule has 0 spiro atoms. The minimum absolute atomic E-state index is 0.598. The molecule has 0 aliphatic rings. The zero-order valence-corrected chi connectivity index (χ0v) is 23.0. The largest absolute Gasteiger partial charge is 0.285 e. The maximum absolute atomic E-state index is 12.4. The van der Waals surface area contributed by atoms with E-state index in [1.165, 1.54) is 103 Å². The van der Waals surface area contributed by atoms with Crippen LogP contribution in [0.2, 0.25) is 0 Å². The lowest BCUT2D eigenvalue weighted by molar-refractivity contribution is 0.350. The van der Waals surface area contributed by atoms with Crippen LogP contribution >= 0.6 is 0 Å². The van der Waals surface area contributed by atoms with Crippen LogP contribution in [0.3, 0.4) is 0 Å². The molecular formula is C28H58O3S. The SMILES string of the molecule is CCCCCCCCCCCCC(CCC)(CCCCCCCCCCCC)S(=O)(=O)O. The average molecular weight is 475 g/mol. The van der Waals surface area contributed by atoms with Crippen LogP contribution in [0.25, 0.3) is 0 Å². The Balaban J connectivity index is 4.16. The lowest BCUT2D eigenvalue weighted by Crippen LogP contribution is -2.38. The topological polar surface area (TPSA) is 54.4 Å². The Kier molecular flexibility index (Phi) is 21.4. The lowest BCUT2D eigenvalue weighted by Gasteiger charge is -2.30. The van der Waals surface area contributed by atoms with Crippen LogP contribution in [0.15, 0.2) is 0 Å². The minimum Gasteiger partial charge on any atom is -0.285 e. The van der Waals surface area contributed by atoms with Crippen molar-refractivity contribution in [2.24, 2.45) is 0 Å². The van der Waals surface area contributed by atoms with Crippen molar-refractivity contribution in [3.8, 4) is 0 Å². The molecule has 0 aromatic heterocycles. The summed E-state index contributed by atoms with van der Waals surface area (Å²) in [7, 11) is -4.01. The standard InChI is InChI=1S/C28H58O3S/c1-4-7-9-11-13-15-17-19-21-23-26-28(25-6-3,32(29,30)31)27-24-22-20-18-16-14-12-10-8-5-2/h4-27H2,1-3H3,(H,29,30,31). The van der Waals surface area contributed by atoms with E-state index in [1.807, 2.05) is 6.92 Å². The second kappa shape index (κ2) is 21.4. The first-order valence-corrected chi connectivity index (χ1v) is 15.8. The van der Waals surface area contributed by atoms with Crippen LogP contribution in [0.1, 0.15) is 175 Å². The Bertz CT molecular complexity index is 463. The van der Waals surface area contributed by atoms with Gasteiger partial charge in [0.15, 0.2) is 0 Å². The Morgan fingerprint density at radius 3 is 0.969 bits per heavy atom. The Labute approximate surface area is 202 Å². The predicted octanol–water partition coefficient (Wildman–Crippen LogP) is 10.0. The summed E-state index contributed by atoms with van der Waals surface area (Å²) in [6, 6.07) is 0. The van der Waals surface area contributed by atoms with Crippen molar-refractivity contribution >= 4 is 10.1 Å². The molecule has 0 radical (unpaired) electrons. The number of hydrogen-bond donors (Lipinski definition) is 1. The molecule has 0 fully saturated rings. The van der Waals surface area contributed by atoms with Crippen LogP contribution < -0.4 is 0 Å². The lowest BCUT2D eigenvalue weighted by atomic mass is 9.89. The van der Waals surface area contributed by atoms with Crippen molar-refractivity contribution in [3.63, 3.8) is 0 Å². The van der Waals surface area contributed by atoms with Gasteiger partial charge in [0.05, 0.1) is 4.75 Å². The summed E-state index contributed by atoms with van der Waals surface area (Å²) in [5.74, 6) is 0. The molecule has 0 amide bonds. The van der Waals surface area contributed by atoms with Crippen molar-refractivity contribution < 1.29 is 13.0 Å². The van der Waals surface area contributed by atoms with Gasteiger partial charge >= 0.3 is 0 Å². The van der Waals surface area contributed by atoms with Crippen LogP contribution in [0.5, 0.6) is 0 Å². The molecule has 0 bridgehead atoms. The summed E-state index contributed by atoms with van der Waals surface area (Å²) in [4.78, 5) is 0. The summed E-state index contributed by atoms with van der Waals surface area (Å²) in [5.41, 5.74) is 0. The fourth-order valence-electron chi connectivity index (χ4n) is 5.09. The fraction of sp³-hybridized carbons (Fsp3) is 1.00. The van der Waals surface area contributed by atoms with E-state index in [1.54, 1.807) is 0 Å². The van der Waals surface area contributed by atoms with Gasteiger partial charge in [-0.2, -0.15) is 8.42 Å². The van der Waals surface area contributed by atoms with Gasteiger partial charge in [0, 0.05) is 0 Å². The maximum atomic E-state index is 12.4. The number of unbranched alkanes of at least 4 members (excludes halogenated alkanes) is 18. The molecule has 0 heterocycles. The van der Waals surface area contributed by atoms with E-state index in [0.717, 1.165) is 32.1 Å². The van der Waals surface area contributed by atoms with Gasteiger partial charge in [0.2, 0.25) is 0 Å². The summed E-state index contributed by atoms with van der Waals surface area (Å²) in [6.45, 7) is 6.54. The fourth-order valence-corrected chi connectivity index (χ4v) is 6.35. The van der Waals surface area contributed by atoms with Gasteiger partial charge in [0.1, 0.15) is 0 Å². The van der Waals surface area contributed by atoms with E-state index in [2.05, 4.69) is 13.8 Å². The van der Waals surface area contributed by atoms with Gasteiger partial charge in [-0.1, -0.05) is 156 Å². The summed E-state index contributed by atoms with van der Waals surface area (Å²) in [6.07, 6.45) is 27.7. The van der Waals surface area contributed by atoms with Gasteiger partial charge in [-0.25, -0.2) is 0 Å². The van der Waals surface area contributed by atoms with Gasteiger partial charge in [0.25, 0.3) is 10.1 Å². The van der Waals surface area contributed by atoms with Crippen LogP contribution in [0, 0.1) is 0 Å². The molecule has 0 aromatic carbocycles. The molecule has 4 heteroatoms. The smallest absolute Gasteiger partial charge is 0.270 e. The highest BCUT2D eigenvalue weighted by Crippen LogP contribution is 2.35. The summed E-state index contributed by atoms with van der Waals surface area (Å²) >= 11 is 0. The molecule has 1 N–H and O–H groups in total. The molecule has 3 nitrogen and oxygen atoms in total. The van der Waals surface area contributed by atoms with Gasteiger partial charge in [-0.3, -0.25) is 4.55 Å². The summed E-state index contributed by atoms with van der Waals surface area (Å²) in [5, 5.41) is 0. The second-order valence-corrected chi connectivity index (χ2v) is 12.1. The van der Waals surface area contributed by atoms with Crippen LogP contribution in [-0.4, -0.2) is 17.7 Å². The average Bonchev–Trinajstić information content (AvgIpc) is 2.75. The van der Waals surface area contributed by atoms with Crippen LogP contribution in [0.4, 0.5) is 0 Å². The first kappa shape index (κ1) is 31.9. The van der Waals surface area contributed by atoms with Gasteiger partial charge in [-0.05, 0) is 19.3 Å². The highest BCUT2D eigenvalue weighted by molar-refractivity contribution is 7.87. The van der Waals surface area contributed by atoms with Crippen molar-refractivity contribution in [3.05, 3.63) is 0 Å². The molecule has 0 aromatic rings. The molecule has 32 heavy (non-hydrogen) atoms. The molecule has 194 valence electrons. The molecule has 0 aliphatic carbocycles. The zero-order chi connectivity index (χ0) is 24.0. The van der Waals surface area contributed by atoms with E-state index in [4.69, 9.17) is 0 Å². The third-order valence-electron chi connectivity index (χ3n) is 7.22. The maximum Gasteiger partial charge on any atom is 0.270 e. The van der Waals surface area contributed by atoms with E-state index >= 15 is 0 Å². The highest BCUT2D eigenvalue weighted by Gasteiger charge is 2.40. The third kappa shape index (κ3) is 16.5. The quantitative estimate of drug-likeness (QED) is 0.106. The number of rotatable bonds is 25. The Morgan fingerprint density at radius 1 is 0.438 bits per heavy atom. The highest BCUT2D eigenvalue weighted by atomic mass is 32.2. The zero-order valence-electron chi connectivity index (χ0n) is 22.1. The van der Waals surface area contributed by atoms with Gasteiger partial charge in [-0.15, -0.1) is 0 Å². The Hall–Kier alpha value is -0.0900. The predicted molar refractivity (Wildman–Crippen MR) is 142 cm³/mol. The molecular weight excluding hydrogens is 416 g/mol. The first-order chi connectivity index (χ1) is 15.4. The first-order valence-electron chi connectivity index (χ1n) is 14.4. The molecule has 0 saturated carbocycles. The van der Waals surface area contributed by atoms with Crippen LogP contribution in [-0.2, 0) is 10.1 Å². The van der Waals surface area contributed by atoms with Crippen molar-refractivity contribution in [1.82, 2.24) is 0 Å². The number of hydrogen-bond acceptors (Lipinski definition) is 2. The van der Waals surface area contributed by atoms with Crippen molar-refractivity contribution in [2.75, 3.05) is 0 Å². The van der Waals surface area contributed by atoms with E-state index in [9.17, 15) is 13.0 Å². The van der Waals surface area contributed by atoms with E-state index in [-0.39, 0.29) is 0 Å². The normalized spacial score (nSPS) is 12.5. The van der Waals surface area contributed by atoms with E-state index in [0.29, 0.717) is 19.3 Å². The monoisotopic (exact) mass is 474 g/mol. The van der Waals surface area contributed by atoms with Crippen molar-refractivity contribution in [2.45, 2.75) is 180 Å². The summed E-state index contributed by atoms with van der Waals surface area (Å²) < 4.78 is 34.0. The molecule has 0 saturated heterocycles. The van der Waals surface area contributed by atoms with E-state index < -0.39 is 14.9 Å². The third-order valence-corrected chi connectivity index (χ3v) is 8.93. The molecule has 0 unspecified atom stereocenters. The Morgan fingerprint density at radius 2 is 0.719 bits per heavy atom. The molecule has 0 rings (SSSR count). The van der Waals surface area contributed by atoms with Gasteiger partial charge < -0.3 is 0 Å².